The van der Waals surface area contributed by atoms with Gasteiger partial charge in [0, 0.05) is 11.8 Å². The third-order valence-electron chi connectivity index (χ3n) is 2.41. The van der Waals surface area contributed by atoms with Crippen LogP contribution in [0.5, 0.6) is 0 Å². The summed E-state index contributed by atoms with van der Waals surface area (Å²) < 4.78 is 37.8. The maximum Gasteiger partial charge on any atom is 0.416 e. The Kier molecular flexibility index (Phi) is 3.26. The Morgan fingerprint density at radius 2 is 1.94 bits per heavy atom. The van der Waals surface area contributed by atoms with Gasteiger partial charge in [0.2, 0.25) is 5.28 Å². The summed E-state index contributed by atoms with van der Waals surface area (Å²) in [4.78, 5) is 7.72. The van der Waals surface area contributed by atoms with Crippen LogP contribution in [0.25, 0.3) is 11.3 Å². The molecule has 1 aromatic heterocycles. The number of aryl methyl sites for hydroxylation is 1. The van der Waals surface area contributed by atoms with Gasteiger partial charge in [0.1, 0.15) is 0 Å². The highest BCUT2D eigenvalue weighted by Gasteiger charge is 2.30. The van der Waals surface area contributed by atoms with Crippen LogP contribution in [0.1, 0.15) is 11.1 Å². The molecule has 2 aromatic rings. The summed E-state index contributed by atoms with van der Waals surface area (Å²) in [5, 5.41) is 0.00742. The molecule has 0 atom stereocenters. The topological polar surface area (TPSA) is 25.8 Å². The summed E-state index contributed by atoms with van der Waals surface area (Å²) in [7, 11) is 0. The van der Waals surface area contributed by atoms with Crippen LogP contribution in [0.2, 0.25) is 5.28 Å². The molecular formula is C12H8ClF3N2. The Hall–Kier alpha value is -1.62. The predicted molar refractivity (Wildman–Crippen MR) is 62.2 cm³/mol. The second-order valence-corrected chi connectivity index (χ2v) is 4.09. The number of hydrogen-bond donors (Lipinski definition) is 0. The van der Waals surface area contributed by atoms with E-state index in [0.717, 1.165) is 12.1 Å². The number of hydrogen-bond acceptors (Lipinski definition) is 2. The average molecular weight is 273 g/mol. The van der Waals surface area contributed by atoms with Crippen LogP contribution in [-0.2, 0) is 6.18 Å². The summed E-state index contributed by atoms with van der Waals surface area (Å²) in [6.45, 7) is 1.71. The molecule has 0 saturated heterocycles. The lowest BCUT2D eigenvalue weighted by molar-refractivity contribution is -0.137. The SMILES string of the molecule is Cc1cnc(Cl)nc1-c1cccc(C(F)(F)F)c1. The lowest BCUT2D eigenvalue weighted by Crippen LogP contribution is -2.04. The van der Waals surface area contributed by atoms with Crippen LogP contribution >= 0.6 is 11.6 Å². The number of halogens is 4. The summed E-state index contributed by atoms with van der Waals surface area (Å²) in [5.41, 5.74) is 0.723. The first-order valence-corrected chi connectivity index (χ1v) is 5.42. The average Bonchev–Trinajstić information content (AvgIpc) is 2.31. The van der Waals surface area contributed by atoms with E-state index in [1.807, 2.05) is 0 Å². The Morgan fingerprint density at radius 3 is 2.61 bits per heavy atom. The fraction of sp³-hybridized carbons (Fsp3) is 0.167. The molecule has 18 heavy (non-hydrogen) atoms. The molecular weight excluding hydrogens is 265 g/mol. The second kappa shape index (κ2) is 4.57. The number of aromatic nitrogens is 2. The van der Waals surface area contributed by atoms with Gasteiger partial charge in [-0.1, -0.05) is 12.1 Å². The molecule has 1 aromatic carbocycles. The minimum atomic E-state index is -4.37. The van der Waals surface area contributed by atoms with Crippen molar-refractivity contribution >= 4 is 11.6 Å². The van der Waals surface area contributed by atoms with Crippen molar-refractivity contribution in [3.8, 4) is 11.3 Å². The van der Waals surface area contributed by atoms with Crippen molar-refractivity contribution in [2.75, 3.05) is 0 Å². The molecule has 94 valence electrons. The van der Waals surface area contributed by atoms with Gasteiger partial charge >= 0.3 is 6.18 Å². The number of benzene rings is 1. The summed E-state index contributed by atoms with van der Waals surface area (Å²) >= 11 is 5.65. The van der Waals surface area contributed by atoms with Gasteiger partial charge in [0.05, 0.1) is 11.3 Å². The molecule has 1 heterocycles. The van der Waals surface area contributed by atoms with Gasteiger partial charge in [-0.15, -0.1) is 0 Å². The quantitative estimate of drug-likeness (QED) is 0.730. The van der Waals surface area contributed by atoms with Gasteiger partial charge in [-0.25, -0.2) is 9.97 Å². The molecule has 0 spiro atoms. The zero-order valence-electron chi connectivity index (χ0n) is 9.29. The van der Waals surface area contributed by atoms with E-state index in [0.29, 0.717) is 16.8 Å². The van der Waals surface area contributed by atoms with Gasteiger partial charge in [0.15, 0.2) is 0 Å². The molecule has 0 amide bonds. The Morgan fingerprint density at radius 1 is 1.22 bits per heavy atom. The van der Waals surface area contributed by atoms with Crippen LogP contribution in [0, 0.1) is 6.92 Å². The van der Waals surface area contributed by atoms with E-state index in [9.17, 15) is 13.2 Å². The van der Waals surface area contributed by atoms with Crippen molar-refractivity contribution in [2.45, 2.75) is 13.1 Å². The van der Waals surface area contributed by atoms with Crippen LogP contribution < -0.4 is 0 Å². The van der Waals surface area contributed by atoms with E-state index in [1.165, 1.54) is 12.3 Å². The lowest BCUT2D eigenvalue weighted by Gasteiger charge is -2.09. The zero-order valence-corrected chi connectivity index (χ0v) is 10.0. The van der Waals surface area contributed by atoms with E-state index < -0.39 is 11.7 Å². The maximum atomic E-state index is 12.6. The summed E-state index contributed by atoms with van der Waals surface area (Å²) in [6.07, 6.45) is -2.90. The van der Waals surface area contributed by atoms with Crippen LogP contribution in [-0.4, -0.2) is 9.97 Å². The van der Waals surface area contributed by atoms with Crippen molar-refractivity contribution in [1.82, 2.24) is 9.97 Å². The molecule has 2 rings (SSSR count). The summed E-state index contributed by atoms with van der Waals surface area (Å²) in [5.74, 6) is 0. The largest absolute Gasteiger partial charge is 0.416 e. The molecule has 0 fully saturated rings. The standard InChI is InChI=1S/C12H8ClF3N2/c1-7-6-17-11(13)18-10(7)8-3-2-4-9(5-8)12(14,15)16/h2-6H,1H3. The molecule has 0 unspecified atom stereocenters. The first-order chi connectivity index (χ1) is 8.38. The summed E-state index contributed by atoms with van der Waals surface area (Å²) in [6, 6.07) is 4.96. The lowest BCUT2D eigenvalue weighted by atomic mass is 10.1. The normalized spacial score (nSPS) is 11.6. The molecule has 0 bridgehead atoms. The zero-order chi connectivity index (χ0) is 13.3. The van der Waals surface area contributed by atoms with Gasteiger partial charge < -0.3 is 0 Å². The second-order valence-electron chi connectivity index (χ2n) is 3.75. The van der Waals surface area contributed by atoms with Crippen molar-refractivity contribution in [2.24, 2.45) is 0 Å². The van der Waals surface area contributed by atoms with E-state index in [4.69, 9.17) is 11.6 Å². The number of rotatable bonds is 1. The van der Waals surface area contributed by atoms with Gasteiger partial charge in [0.25, 0.3) is 0 Å². The monoisotopic (exact) mass is 272 g/mol. The first-order valence-electron chi connectivity index (χ1n) is 5.04. The molecule has 2 nitrogen and oxygen atoms in total. The molecule has 0 radical (unpaired) electrons. The third kappa shape index (κ3) is 2.61. The molecule has 0 aliphatic rings. The highest BCUT2D eigenvalue weighted by Crippen LogP contribution is 2.32. The highest BCUT2D eigenvalue weighted by molar-refractivity contribution is 6.28. The van der Waals surface area contributed by atoms with E-state index in [1.54, 1.807) is 13.0 Å². The fourth-order valence-electron chi connectivity index (χ4n) is 1.56. The Labute approximate surface area is 106 Å². The number of nitrogens with zero attached hydrogens (tertiary/aromatic N) is 2. The van der Waals surface area contributed by atoms with Crippen molar-refractivity contribution in [3.63, 3.8) is 0 Å². The van der Waals surface area contributed by atoms with E-state index in [2.05, 4.69) is 9.97 Å². The minimum Gasteiger partial charge on any atom is -0.226 e. The van der Waals surface area contributed by atoms with Crippen molar-refractivity contribution < 1.29 is 13.2 Å². The van der Waals surface area contributed by atoms with Gasteiger partial charge in [-0.3, -0.25) is 0 Å². The van der Waals surface area contributed by atoms with Gasteiger partial charge in [-0.2, -0.15) is 13.2 Å². The Bertz CT molecular complexity index is 582. The maximum absolute atomic E-state index is 12.6. The molecule has 0 N–H and O–H groups in total. The van der Waals surface area contributed by atoms with Crippen LogP contribution in [0.4, 0.5) is 13.2 Å². The third-order valence-corrected chi connectivity index (χ3v) is 2.59. The molecule has 0 saturated carbocycles. The number of alkyl halides is 3. The molecule has 0 aliphatic carbocycles. The fourth-order valence-corrected chi connectivity index (χ4v) is 1.69. The van der Waals surface area contributed by atoms with Gasteiger partial charge in [-0.05, 0) is 36.2 Å². The van der Waals surface area contributed by atoms with Crippen LogP contribution in [0.3, 0.4) is 0 Å². The smallest absolute Gasteiger partial charge is 0.226 e. The predicted octanol–water partition coefficient (Wildman–Crippen LogP) is 4.12. The Balaban J connectivity index is 2.55. The molecule has 6 heteroatoms. The van der Waals surface area contributed by atoms with E-state index >= 15 is 0 Å². The van der Waals surface area contributed by atoms with Crippen LogP contribution in [0.15, 0.2) is 30.5 Å². The first kappa shape index (κ1) is 12.8. The minimum absolute atomic E-state index is 0.00742. The van der Waals surface area contributed by atoms with Crippen molar-refractivity contribution in [1.29, 1.82) is 0 Å². The highest BCUT2D eigenvalue weighted by atomic mass is 35.5. The van der Waals surface area contributed by atoms with Crippen molar-refractivity contribution in [3.05, 3.63) is 46.9 Å². The molecule has 0 aliphatic heterocycles. The van der Waals surface area contributed by atoms with E-state index in [-0.39, 0.29) is 5.28 Å².